The van der Waals surface area contributed by atoms with Gasteiger partial charge in [0.2, 0.25) is 0 Å². The number of rotatable bonds is 5. The van der Waals surface area contributed by atoms with Crippen molar-refractivity contribution < 1.29 is 4.39 Å². The van der Waals surface area contributed by atoms with Crippen molar-refractivity contribution in [2.75, 3.05) is 5.32 Å². The molecule has 35 heavy (non-hydrogen) atoms. The van der Waals surface area contributed by atoms with Gasteiger partial charge in [-0.25, -0.2) is 4.39 Å². The van der Waals surface area contributed by atoms with Gasteiger partial charge in [0, 0.05) is 69.4 Å². The maximum atomic E-state index is 14.5. The Balaban J connectivity index is 1.44. The van der Waals surface area contributed by atoms with E-state index in [2.05, 4.69) is 74.8 Å². The Morgan fingerprint density at radius 1 is 1.31 bits per heavy atom. The van der Waals surface area contributed by atoms with Crippen LogP contribution in [0.15, 0.2) is 94.4 Å². The van der Waals surface area contributed by atoms with Crippen LogP contribution in [0.3, 0.4) is 0 Å². The summed E-state index contributed by atoms with van der Waals surface area (Å²) in [7, 11) is 0. The molecule has 2 aliphatic heterocycles. The van der Waals surface area contributed by atoms with Gasteiger partial charge in [0.05, 0.1) is 9.28 Å². The van der Waals surface area contributed by atoms with E-state index >= 15 is 0 Å². The summed E-state index contributed by atoms with van der Waals surface area (Å²) in [6, 6.07) is 9.62. The summed E-state index contributed by atoms with van der Waals surface area (Å²) in [5.41, 5.74) is 6.90. The van der Waals surface area contributed by atoms with Gasteiger partial charge in [-0.1, -0.05) is 30.3 Å². The molecule has 2 N–H and O–H groups in total. The zero-order valence-corrected chi connectivity index (χ0v) is 22.4. The van der Waals surface area contributed by atoms with E-state index < -0.39 is 5.66 Å². The highest BCUT2D eigenvalue weighted by molar-refractivity contribution is 14.1. The van der Waals surface area contributed by atoms with Crippen molar-refractivity contribution in [2.24, 2.45) is 0 Å². The SMILES string of the molecule is C=C(Nc1ccc(Cl)cc1)c1cc(C2=CC=CN3C2=CNC3(C)C2=CCCC(F)=C2I)cnc1C. The van der Waals surface area contributed by atoms with E-state index in [0.29, 0.717) is 21.4 Å². The second-order valence-electron chi connectivity index (χ2n) is 8.88. The molecule has 1 aliphatic carbocycles. The lowest BCUT2D eigenvalue weighted by molar-refractivity contribution is 0.264. The molecule has 1 atom stereocenters. The summed E-state index contributed by atoms with van der Waals surface area (Å²) in [5, 5.41) is 7.56. The van der Waals surface area contributed by atoms with E-state index in [1.807, 2.05) is 55.9 Å². The summed E-state index contributed by atoms with van der Waals surface area (Å²) in [4.78, 5) is 6.84. The van der Waals surface area contributed by atoms with Crippen LogP contribution >= 0.6 is 34.2 Å². The van der Waals surface area contributed by atoms with Gasteiger partial charge in [0.25, 0.3) is 0 Å². The average molecular weight is 599 g/mol. The quantitative estimate of drug-likeness (QED) is 0.344. The van der Waals surface area contributed by atoms with Crippen LogP contribution < -0.4 is 10.6 Å². The van der Waals surface area contributed by atoms with Crippen LogP contribution in [0.2, 0.25) is 5.02 Å². The lowest BCUT2D eigenvalue weighted by Crippen LogP contribution is -2.49. The Bertz CT molecular complexity index is 1370. The van der Waals surface area contributed by atoms with Crippen molar-refractivity contribution in [3.8, 4) is 0 Å². The van der Waals surface area contributed by atoms with Gasteiger partial charge in [0.15, 0.2) is 0 Å². The van der Waals surface area contributed by atoms with Crippen LogP contribution in [-0.2, 0) is 0 Å². The summed E-state index contributed by atoms with van der Waals surface area (Å²) < 4.78 is 15.1. The monoisotopic (exact) mass is 598 g/mol. The van der Waals surface area contributed by atoms with E-state index in [0.717, 1.165) is 45.0 Å². The average Bonchev–Trinajstić information content (AvgIpc) is 3.20. The second kappa shape index (κ2) is 9.32. The topological polar surface area (TPSA) is 40.2 Å². The summed E-state index contributed by atoms with van der Waals surface area (Å²) >= 11 is 8.14. The maximum Gasteiger partial charge on any atom is 0.138 e. The number of halogens is 3. The Morgan fingerprint density at radius 3 is 2.86 bits per heavy atom. The first-order valence-electron chi connectivity index (χ1n) is 11.4. The van der Waals surface area contributed by atoms with Gasteiger partial charge in [-0.3, -0.25) is 4.98 Å². The fourth-order valence-corrected chi connectivity index (χ4v) is 5.79. The minimum Gasteiger partial charge on any atom is -0.363 e. The molecule has 0 saturated heterocycles. The van der Waals surface area contributed by atoms with Crippen molar-refractivity contribution in [2.45, 2.75) is 32.4 Å². The lowest BCUT2D eigenvalue weighted by atomic mass is 9.92. The van der Waals surface area contributed by atoms with Crippen LogP contribution in [-0.4, -0.2) is 15.5 Å². The number of aromatic nitrogens is 1. The lowest BCUT2D eigenvalue weighted by Gasteiger charge is -2.40. The molecule has 2 aromatic rings. The molecule has 7 heteroatoms. The minimum atomic E-state index is -0.569. The molecule has 4 nitrogen and oxygen atoms in total. The number of benzene rings is 1. The third kappa shape index (κ3) is 4.34. The zero-order valence-electron chi connectivity index (χ0n) is 19.5. The highest BCUT2D eigenvalue weighted by Gasteiger charge is 2.43. The molecule has 0 amide bonds. The van der Waals surface area contributed by atoms with Crippen LogP contribution in [0.4, 0.5) is 10.1 Å². The predicted octanol–water partition coefficient (Wildman–Crippen LogP) is 7.84. The zero-order chi connectivity index (χ0) is 24.7. The van der Waals surface area contributed by atoms with E-state index in [-0.39, 0.29) is 5.83 Å². The molecule has 0 radical (unpaired) electrons. The van der Waals surface area contributed by atoms with E-state index in [4.69, 9.17) is 11.6 Å². The Labute approximate surface area is 223 Å². The molecule has 178 valence electrons. The molecule has 0 bridgehead atoms. The van der Waals surface area contributed by atoms with Gasteiger partial charge in [-0.05, 0) is 79.3 Å². The number of anilines is 1. The number of hydrogen-bond acceptors (Lipinski definition) is 4. The molecule has 0 saturated carbocycles. The third-order valence-electron chi connectivity index (χ3n) is 6.58. The van der Waals surface area contributed by atoms with E-state index in [1.165, 1.54) is 0 Å². The number of nitrogens with zero attached hydrogens (tertiary/aromatic N) is 2. The fourth-order valence-electron chi connectivity index (χ4n) is 4.65. The molecule has 3 aliphatic rings. The molecule has 1 aromatic carbocycles. The van der Waals surface area contributed by atoms with Crippen LogP contribution in [0.5, 0.6) is 0 Å². The van der Waals surface area contributed by atoms with Gasteiger partial charge < -0.3 is 15.5 Å². The maximum absolute atomic E-state index is 14.5. The fraction of sp³-hybridized carbons (Fsp3) is 0.179. The van der Waals surface area contributed by atoms with Crippen molar-refractivity contribution in [3.05, 3.63) is 116 Å². The van der Waals surface area contributed by atoms with Crippen molar-refractivity contribution in [1.29, 1.82) is 0 Å². The van der Waals surface area contributed by atoms with E-state index in [9.17, 15) is 4.39 Å². The van der Waals surface area contributed by atoms with Gasteiger partial charge in [-0.15, -0.1) is 0 Å². The van der Waals surface area contributed by atoms with Crippen molar-refractivity contribution in [1.82, 2.24) is 15.2 Å². The Hall–Kier alpha value is -2.84. The molecule has 0 spiro atoms. The van der Waals surface area contributed by atoms with Crippen LogP contribution in [0.25, 0.3) is 11.3 Å². The van der Waals surface area contributed by atoms with E-state index in [1.54, 1.807) is 0 Å². The molecule has 3 heterocycles. The molecular weight excluding hydrogens is 574 g/mol. The minimum absolute atomic E-state index is 0.0459. The standard InChI is InChI=1S/C28H25ClFIN4/c1-17-23(18(2)34-21-11-9-20(29)10-12-21)14-19(15-32-17)22-6-5-13-35-26(22)16-33-28(35,3)24-7-4-8-25(30)27(24)31/h5-7,9-16,33-34H,2,4,8H2,1,3H3. The predicted molar refractivity (Wildman–Crippen MR) is 151 cm³/mol. The third-order valence-corrected chi connectivity index (χ3v) is 8.00. The van der Waals surface area contributed by atoms with Crippen molar-refractivity contribution >= 4 is 51.1 Å². The highest BCUT2D eigenvalue weighted by Crippen LogP contribution is 2.45. The first kappa shape index (κ1) is 23.9. The first-order chi connectivity index (χ1) is 16.8. The Morgan fingerprint density at radius 2 is 2.09 bits per heavy atom. The van der Waals surface area contributed by atoms with Crippen molar-refractivity contribution in [3.63, 3.8) is 0 Å². The van der Waals surface area contributed by atoms with Crippen LogP contribution in [0, 0.1) is 6.92 Å². The first-order valence-corrected chi connectivity index (χ1v) is 12.8. The molecule has 5 rings (SSSR count). The van der Waals surface area contributed by atoms with Gasteiger partial charge >= 0.3 is 0 Å². The largest absolute Gasteiger partial charge is 0.363 e. The highest BCUT2D eigenvalue weighted by atomic mass is 127. The number of nitrogens with one attached hydrogen (secondary N) is 2. The number of fused-ring (bicyclic) bond motifs is 1. The van der Waals surface area contributed by atoms with Gasteiger partial charge in [0.1, 0.15) is 11.5 Å². The smallest absolute Gasteiger partial charge is 0.138 e. The molecule has 1 aromatic heterocycles. The number of allylic oxidation sites excluding steroid dienone is 5. The number of pyridine rings is 1. The summed E-state index contributed by atoms with van der Waals surface area (Å²) in [6.07, 6.45) is 13.3. The summed E-state index contributed by atoms with van der Waals surface area (Å²) in [6.45, 7) is 8.31. The normalized spacial score (nSPS) is 21.2. The molecular formula is C28H25ClFIN4. The second-order valence-corrected chi connectivity index (χ2v) is 10.4. The van der Waals surface area contributed by atoms with Gasteiger partial charge in [-0.2, -0.15) is 0 Å². The molecule has 0 fully saturated rings. The van der Waals surface area contributed by atoms with Crippen LogP contribution in [0.1, 0.15) is 36.6 Å². The molecule has 1 unspecified atom stereocenters. The summed E-state index contributed by atoms with van der Waals surface area (Å²) in [5.74, 6) is -0.0459. The Kier molecular flexibility index (Phi) is 6.36. The number of aryl methyl sites for hydroxylation is 1. The number of hydrogen-bond donors (Lipinski definition) is 2.